The molecule has 0 saturated carbocycles. The average Bonchev–Trinajstić information content (AvgIpc) is 3.02. The highest BCUT2D eigenvalue weighted by Crippen LogP contribution is 2.40. The smallest absolute Gasteiger partial charge is 0.292 e. The molecule has 8 heteroatoms. The molecular formula is C18H23N5O2S. The number of amides is 2. The number of carbonyl (C=O) groups is 2. The van der Waals surface area contributed by atoms with Crippen LogP contribution in [0.25, 0.3) is 0 Å². The van der Waals surface area contributed by atoms with Crippen LogP contribution in [0.5, 0.6) is 0 Å². The molecule has 7 nitrogen and oxygen atoms in total. The van der Waals surface area contributed by atoms with E-state index in [1.807, 2.05) is 6.07 Å². The number of aryl methyl sites for hydroxylation is 1. The molecule has 0 aromatic carbocycles. The summed E-state index contributed by atoms with van der Waals surface area (Å²) in [5.74, 6) is -0.315. The number of fused-ring (bicyclic) bond motifs is 1. The molecular weight excluding hydrogens is 350 g/mol. The van der Waals surface area contributed by atoms with E-state index in [2.05, 4.69) is 41.6 Å². The lowest BCUT2D eigenvalue weighted by atomic mass is 9.72. The van der Waals surface area contributed by atoms with Crippen LogP contribution < -0.4 is 16.6 Å². The molecule has 26 heavy (non-hydrogen) atoms. The van der Waals surface area contributed by atoms with Gasteiger partial charge in [-0.05, 0) is 42.2 Å². The molecule has 0 radical (unpaired) electrons. The van der Waals surface area contributed by atoms with Gasteiger partial charge in [0.2, 0.25) is 0 Å². The Kier molecular flexibility index (Phi) is 4.95. The van der Waals surface area contributed by atoms with Crippen molar-refractivity contribution in [2.45, 2.75) is 40.0 Å². The van der Waals surface area contributed by atoms with Gasteiger partial charge in [-0.15, -0.1) is 11.3 Å². The van der Waals surface area contributed by atoms with Gasteiger partial charge in [0.25, 0.3) is 11.8 Å². The van der Waals surface area contributed by atoms with Crippen LogP contribution >= 0.6 is 11.3 Å². The number of thiophene rings is 1. The van der Waals surface area contributed by atoms with Crippen LogP contribution in [0.3, 0.4) is 0 Å². The standard InChI is InChI=1S/C18H23N5O2S/c1-18(2,3)11-4-5-12-10(8-11)9-13(26-12)16(24)22-23-17(25)14-15(19)21-7-6-20-14/h6-7,9,11H,4-5,8H2,1-3H3,(H2,19,21)(H,22,24)(H,23,25)/t11-/m0/s1. The summed E-state index contributed by atoms with van der Waals surface area (Å²) in [4.78, 5) is 33.9. The molecule has 1 aliphatic rings. The number of hydrazine groups is 1. The summed E-state index contributed by atoms with van der Waals surface area (Å²) < 4.78 is 0. The van der Waals surface area contributed by atoms with Gasteiger partial charge in [-0.2, -0.15) is 0 Å². The zero-order valence-electron chi connectivity index (χ0n) is 15.1. The van der Waals surface area contributed by atoms with Gasteiger partial charge in [0.15, 0.2) is 11.5 Å². The number of nitrogens with two attached hydrogens (primary N) is 1. The molecule has 4 N–H and O–H groups in total. The maximum absolute atomic E-state index is 12.4. The highest BCUT2D eigenvalue weighted by Gasteiger charge is 2.30. The Balaban J connectivity index is 1.64. The van der Waals surface area contributed by atoms with Crippen LogP contribution in [0.15, 0.2) is 18.5 Å². The Labute approximate surface area is 156 Å². The molecule has 1 aliphatic carbocycles. The topological polar surface area (TPSA) is 110 Å². The van der Waals surface area contributed by atoms with Crippen LogP contribution in [0.1, 0.15) is 57.8 Å². The number of nitrogens with one attached hydrogen (secondary N) is 2. The van der Waals surface area contributed by atoms with E-state index >= 15 is 0 Å². The molecule has 1 atom stereocenters. The van der Waals surface area contributed by atoms with Gasteiger partial charge >= 0.3 is 0 Å². The van der Waals surface area contributed by atoms with Crippen molar-refractivity contribution in [3.05, 3.63) is 39.5 Å². The quantitative estimate of drug-likeness (QED) is 0.700. The lowest BCUT2D eigenvalue weighted by Gasteiger charge is -2.33. The predicted octanol–water partition coefficient (Wildman–Crippen LogP) is 2.35. The van der Waals surface area contributed by atoms with Crippen molar-refractivity contribution in [1.82, 2.24) is 20.8 Å². The fraction of sp³-hybridized carbons (Fsp3) is 0.444. The minimum Gasteiger partial charge on any atom is -0.382 e. The van der Waals surface area contributed by atoms with E-state index in [4.69, 9.17) is 5.73 Å². The Morgan fingerprint density at radius 1 is 1.19 bits per heavy atom. The summed E-state index contributed by atoms with van der Waals surface area (Å²) in [6.45, 7) is 6.78. The Hall–Kier alpha value is -2.48. The second-order valence-electron chi connectivity index (χ2n) is 7.56. The number of hydrogen-bond acceptors (Lipinski definition) is 6. The van der Waals surface area contributed by atoms with E-state index in [1.165, 1.54) is 34.2 Å². The Bertz CT molecular complexity index is 840. The first kappa shape index (κ1) is 18.3. The lowest BCUT2D eigenvalue weighted by Crippen LogP contribution is -2.42. The molecule has 3 rings (SSSR count). The van der Waals surface area contributed by atoms with Crippen molar-refractivity contribution >= 4 is 29.0 Å². The molecule has 2 aromatic rings. The van der Waals surface area contributed by atoms with Crippen molar-refractivity contribution in [1.29, 1.82) is 0 Å². The van der Waals surface area contributed by atoms with E-state index in [0.29, 0.717) is 10.8 Å². The first-order valence-electron chi connectivity index (χ1n) is 8.54. The van der Waals surface area contributed by atoms with Crippen LogP contribution in [-0.4, -0.2) is 21.8 Å². The third kappa shape index (κ3) is 3.85. The largest absolute Gasteiger partial charge is 0.382 e. The van der Waals surface area contributed by atoms with Gasteiger partial charge in [0.05, 0.1) is 4.88 Å². The molecule has 0 saturated heterocycles. The number of aromatic nitrogens is 2. The number of carbonyl (C=O) groups excluding carboxylic acids is 2. The van der Waals surface area contributed by atoms with Crippen LogP contribution in [-0.2, 0) is 12.8 Å². The average molecular weight is 373 g/mol. The van der Waals surface area contributed by atoms with Gasteiger partial charge in [0.1, 0.15) is 0 Å². The molecule has 2 aromatic heterocycles. The summed E-state index contributed by atoms with van der Waals surface area (Å²) in [6, 6.07) is 1.94. The van der Waals surface area contributed by atoms with Crippen molar-refractivity contribution < 1.29 is 9.59 Å². The van der Waals surface area contributed by atoms with Crippen molar-refractivity contribution in [3.8, 4) is 0 Å². The fourth-order valence-corrected chi connectivity index (χ4v) is 4.24. The van der Waals surface area contributed by atoms with E-state index in [0.717, 1.165) is 19.3 Å². The third-order valence-electron chi connectivity index (χ3n) is 4.76. The zero-order chi connectivity index (χ0) is 18.9. The summed E-state index contributed by atoms with van der Waals surface area (Å²) >= 11 is 1.49. The van der Waals surface area contributed by atoms with E-state index < -0.39 is 5.91 Å². The molecule has 2 heterocycles. The number of hydrogen-bond donors (Lipinski definition) is 3. The third-order valence-corrected chi connectivity index (χ3v) is 6.00. The SMILES string of the molecule is CC(C)(C)[C@H]1CCc2sc(C(=O)NNC(=O)c3nccnc3N)cc2C1. The minimum atomic E-state index is -0.599. The molecule has 0 aliphatic heterocycles. The molecule has 138 valence electrons. The highest BCUT2D eigenvalue weighted by atomic mass is 32.1. The van der Waals surface area contributed by atoms with E-state index in [9.17, 15) is 9.59 Å². The molecule has 0 spiro atoms. The van der Waals surface area contributed by atoms with Crippen molar-refractivity contribution in [2.24, 2.45) is 11.3 Å². The monoisotopic (exact) mass is 373 g/mol. The summed E-state index contributed by atoms with van der Waals surface area (Å²) in [5, 5.41) is 0. The van der Waals surface area contributed by atoms with Crippen molar-refractivity contribution in [3.63, 3.8) is 0 Å². The first-order chi connectivity index (χ1) is 12.3. The van der Waals surface area contributed by atoms with Crippen LogP contribution in [0, 0.1) is 11.3 Å². The van der Waals surface area contributed by atoms with Gasteiger partial charge in [-0.1, -0.05) is 20.8 Å². The van der Waals surface area contributed by atoms with E-state index in [1.54, 1.807) is 0 Å². The fourth-order valence-electron chi connectivity index (χ4n) is 3.13. The predicted molar refractivity (Wildman–Crippen MR) is 101 cm³/mol. The van der Waals surface area contributed by atoms with Gasteiger partial charge < -0.3 is 5.73 Å². The number of nitrogen functional groups attached to an aromatic ring is 1. The van der Waals surface area contributed by atoms with Gasteiger partial charge in [0, 0.05) is 17.3 Å². The molecule has 0 unspecified atom stereocenters. The maximum Gasteiger partial charge on any atom is 0.292 e. The normalized spacial score (nSPS) is 16.7. The van der Waals surface area contributed by atoms with Crippen LogP contribution in [0.4, 0.5) is 5.82 Å². The summed E-state index contributed by atoms with van der Waals surface area (Å²) in [7, 11) is 0. The van der Waals surface area contributed by atoms with Crippen LogP contribution in [0.2, 0.25) is 0 Å². The maximum atomic E-state index is 12.4. The minimum absolute atomic E-state index is 0.0130. The van der Waals surface area contributed by atoms with Gasteiger partial charge in [-0.25, -0.2) is 9.97 Å². The number of nitrogens with zero attached hydrogens (tertiary/aromatic N) is 2. The lowest BCUT2D eigenvalue weighted by molar-refractivity contribution is 0.0846. The number of anilines is 1. The molecule has 0 fully saturated rings. The highest BCUT2D eigenvalue weighted by molar-refractivity contribution is 7.14. The molecule has 2 amide bonds. The second-order valence-corrected chi connectivity index (χ2v) is 8.70. The second kappa shape index (κ2) is 7.03. The molecule has 0 bridgehead atoms. The Morgan fingerprint density at radius 2 is 1.88 bits per heavy atom. The van der Waals surface area contributed by atoms with E-state index in [-0.39, 0.29) is 22.8 Å². The first-order valence-corrected chi connectivity index (χ1v) is 9.36. The summed E-state index contributed by atoms with van der Waals surface area (Å²) in [5.41, 5.74) is 11.8. The Morgan fingerprint density at radius 3 is 2.58 bits per heavy atom. The van der Waals surface area contributed by atoms with Crippen molar-refractivity contribution in [2.75, 3.05) is 5.73 Å². The number of rotatable bonds is 2. The summed E-state index contributed by atoms with van der Waals surface area (Å²) in [6.07, 6.45) is 5.89. The van der Waals surface area contributed by atoms with Gasteiger partial charge in [-0.3, -0.25) is 20.4 Å². The zero-order valence-corrected chi connectivity index (χ0v) is 15.9.